The quantitative estimate of drug-likeness (QED) is 0.766. The van der Waals surface area contributed by atoms with Crippen molar-refractivity contribution in [2.45, 2.75) is 19.3 Å². The van der Waals surface area contributed by atoms with Crippen LogP contribution in [0.25, 0.3) is 0 Å². The molecule has 2 rings (SSSR count). The molecule has 102 valence electrons. The summed E-state index contributed by atoms with van der Waals surface area (Å²) in [6, 6.07) is 0. The van der Waals surface area contributed by atoms with Gasteiger partial charge in [0, 0.05) is 19.3 Å². The van der Waals surface area contributed by atoms with Crippen molar-refractivity contribution in [3.05, 3.63) is 0 Å². The van der Waals surface area contributed by atoms with Crippen LogP contribution in [0.1, 0.15) is 19.3 Å². The zero-order chi connectivity index (χ0) is 13.6. The van der Waals surface area contributed by atoms with Crippen LogP contribution in [0.5, 0.6) is 0 Å². The van der Waals surface area contributed by atoms with Crippen LogP contribution in [-0.4, -0.2) is 55.4 Å². The van der Waals surface area contributed by atoms with Gasteiger partial charge >= 0.3 is 5.97 Å². The predicted molar refractivity (Wildman–Crippen MR) is 63.7 cm³/mol. The second-order valence-corrected chi connectivity index (χ2v) is 7.53. The molecule has 0 spiro atoms. The second kappa shape index (κ2) is 4.22. The number of amides is 1. The summed E-state index contributed by atoms with van der Waals surface area (Å²) in [6.07, 6.45) is 3.25. The molecule has 6 nitrogen and oxygen atoms in total. The number of carbonyl (C=O) groups is 2. The Bertz CT molecular complexity index is 486. The van der Waals surface area contributed by atoms with Gasteiger partial charge in [0.05, 0.1) is 5.41 Å². The molecule has 0 unspecified atom stereocenters. The van der Waals surface area contributed by atoms with E-state index in [1.54, 1.807) is 0 Å². The highest BCUT2D eigenvalue weighted by Crippen LogP contribution is 2.48. The molecule has 1 amide bonds. The maximum absolute atomic E-state index is 11.8. The summed E-state index contributed by atoms with van der Waals surface area (Å²) in [5.74, 6) is -1.90. The fourth-order valence-electron chi connectivity index (χ4n) is 3.14. The summed E-state index contributed by atoms with van der Waals surface area (Å²) in [7, 11) is -3.36. The summed E-state index contributed by atoms with van der Waals surface area (Å²) < 4.78 is 22.2. The molecule has 1 N–H and O–H groups in total. The number of carboxylic acid groups (broad SMARTS) is 1. The van der Waals surface area contributed by atoms with E-state index >= 15 is 0 Å². The lowest BCUT2D eigenvalue weighted by Crippen LogP contribution is -2.38. The van der Waals surface area contributed by atoms with Gasteiger partial charge in [-0.1, -0.05) is 6.42 Å². The molecule has 7 heteroatoms. The van der Waals surface area contributed by atoms with E-state index in [0.29, 0.717) is 13.0 Å². The van der Waals surface area contributed by atoms with Crippen molar-refractivity contribution in [1.29, 1.82) is 0 Å². The Morgan fingerprint density at radius 2 is 2.11 bits per heavy atom. The molecule has 0 radical (unpaired) electrons. The maximum Gasteiger partial charge on any atom is 0.311 e. The number of fused-ring (bicyclic) bond motifs is 1. The van der Waals surface area contributed by atoms with Crippen LogP contribution in [0.15, 0.2) is 0 Å². The molecule has 2 aliphatic rings. The zero-order valence-electron chi connectivity index (χ0n) is 10.3. The summed E-state index contributed by atoms with van der Waals surface area (Å²) in [4.78, 5) is 24.6. The summed E-state index contributed by atoms with van der Waals surface area (Å²) >= 11 is 0. The molecule has 1 saturated heterocycles. The van der Waals surface area contributed by atoms with E-state index in [9.17, 15) is 23.1 Å². The minimum atomic E-state index is -3.36. The van der Waals surface area contributed by atoms with Crippen LogP contribution in [0.3, 0.4) is 0 Å². The van der Waals surface area contributed by atoms with E-state index in [1.807, 2.05) is 0 Å². The Kier molecular flexibility index (Phi) is 3.12. The minimum Gasteiger partial charge on any atom is -0.481 e. The van der Waals surface area contributed by atoms with Crippen LogP contribution in [0.2, 0.25) is 0 Å². The van der Waals surface area contributed by atoms with E-state index in [-0.39, 0.29) is 12.5 Å². The van der Waals surface area contributed by atoms with Crippen molar-refractivity contribution in [2.75, 3.05) is 25.1 Å². The van der Waals surface area contributed by atoms with Crippen LogP contribution < -0.4 is 0 Å². The lowest BCUT2D eigenvalue weighted by Gasteiger charge is -2.23. The molecule has 0 aromatic heterocycles. The number of likely N-dealkylation sites (tertiary alicyclic amines) is 1. The third-order valence-corrected chi connectivity index (χ3v) is 4.81. The SMILES string of the molecule is CS(=O)(=O)CC(=O)N1C[C@@H]2CCC[C@@]2(C(=O)O)C1. The van der Waals surface area contributed by atoms with Crippen molar-refractivity contribution in [2.24, 2.45) is 11.3 Å². The van der Waals surface area contributed by atoms with Crippen molar-refractivity contribution < 1.29 is 23.1 Å². The lowest BCUT2D eigenvalue weighted by molar-refractivity contribution is -0.149. The molecular formula is C11H17NO5S. The van der Waals surface area contributed by atoms with Crippen molar-refractivity contribution in [1.82, 2.24) is 4.90 Å². The van der Waals surface area contributed by atoms with Crippen LogP contribution >= 0.6 is 0 Å². The highest BCUT2D eigenvalue weighted by molar-refractivity contribution is 7.91. The van der Waals surface area contributed by atoms with E-state index in [0.717, 1.165) is 19.1 Å². The van der Waals surface area contributed by atoms with Gasteiger partial charge in [0.25, 0.3) is 0 Å². The Morgan fingerprint density at radius 1 is 1.44 bits per heavy atom. The number of hydrogen-bond donors (Lipinski definition) is 1. The number of nitrogens with zero attached hydrogens (tertiary/aromatic N) is 1. The third kappa shape index (κ3) is 2.23. The summed E-state index contributed by atoms with van der Waals surface area (Å²) in [6.45, 7) is 0.530. The predicted octanol–water partition coefficient (Wildman–Crippen LogP) is -0.256. The number of carbonyl (C=O) groups excluding carboxylic acids is 1. The standard InChI is InChI=1S/C11H17NO5S/c1-18(16,17)6-9(13)12-5-8-3-2-4-11(8,7-12)10(14)15/h8H,2-7H2,1H3,(H,14,15)/t8-,11+/m0/s1. The van der Waals surface area contributed by atoms with Gasteiger partial charge in [-0.3, -0.25) is 9.59 Å². The second-order valence-electron chi connectivity index (χ2n) is 5.39. The number of rotatable bonds is 3. The first-order chi connectivity index (χ1) is 8.24. The van der Waals surface area contributed by atoms with Gasteiger partial charge in [-0.15, -0.1) is 0 Å². The fourth-order valence-corrected chi connectivity index (χ4v) is 3.78. The van der Waals surface area contributed by atoms with Crippen molar-refractivity contribution in [3.8, 4) is 0 Å². The lowest BCUT2D eigenvalue weighted by atomic mass is 9.81. The van der Waals surface area contributed by atoms with Crippen LogP contribution in [0, 0.1) is 11.3 Å². The Labute approximate surface area is 106 Å². The normalized spacial score (nSPS) is 31.4. The molecule has 2 fully saturated rings. The monoisotopic (exact) mass is 275 g/mol. The van der Waals surface area contributed by atoms with Crippen molar-refractivity contribution >= 4 is 21.7 Å². The van der Waals surface area contributed by atoms with Gasteiger partial charge in [-0.05, 0) is 18.8 Å². The van der Waals surface area contributed by atoms with Gasteiger partial charge < -0.3 is 10.0 Å². The van der Waals surface area contributed by atoms with Gasteiger partial charge in [-0.25, -0.2) is 8.42 Å². The fraction of sp³-hybridized carbons (Fsp3) is 0.818. The molecule has 18 heavy (non-hydrogen) atoms. The summed E-state index contributed by atoms with van der Waals surface area (Å²) in [5.41, 5.74) is -0.840. The highest BCUT2D eigenvalue weighted by atomic mass is 32.2. The summed E-state index contributed by atoms with van der Waals surface area (Å²) in [5, 5.41) is 9.35. The van der Waals surface area contributed by atoms with Crippen LogP contribution in [-0.2, 0) is 19.4 Å². The van der Waals surface area contributed by atoms with E-state index < -0.39 is 32.9 Å². The molecule has 1 aliphatic heterocycles. The molecular weight excluding hydrogens is 258 g/mol. The first kappa shape index (κ1) is 13.3. The van der Waals surface area contributed by atoms with Crippen molar-refractivity contribution in [3.63, 3.8) is 0 Å². The van der Waals surface area contributed by atoms with Gasteiger partial charge in [0.15, 0.2) is 9.84 Å². The average molecular weight is 275 g/mol. The molecule has 1 saturated carbocycles. The Balaban J connectivity index is 2.13. The Hall–Kier alpha value is -1.11. The first-order valence-corrected chi connectivity index (χ1v) is 7.99. The van der Waals surface area contributed by atoms with Gasteiger partial charge in [0.1, 0.15) is 5.75 Å². The maximum atomic E-state index is 11.8. The first-order valence-electron chi connectivity index (χ1n) is 5.93. The number of aliphatic carboxylic acids is 1. The van der Waals surface area contributed by atoms with Crippen LogP contribution in [0.4, 0.5) is 0 Å². The molecule has 0 aromatic rings. The van der Waals surface area contributed by atoms with E-state index in [1.165, 1.54) is 4.90 Å². The molecule has 0 bridgehead atoms. The highest BCUT2D eigenvalue weighted by Gasteiger charge is 2.55. The third-order valence-electron chi connectivity index (χ3n) is 4.04. The molecule has 2 atom stereocenters. The topological polar surface area (TPSA) is 91.8 Å². The molecule has 0 aromatic carbocycles. The van der Waals surface area contributed by atoms with Gasteiger partial charge in [-0.2, -0.15) is 0 Å². The minimum absolute atomic E-state index is 0.0292. The number of hydrogen-bond acceptors (Lipinski definition) is 4. The van der Waals surface area contributed by atoms with E-state index in [4.69, 9.17) is 0 Å². The smallest absolute Gasteiger partial charge is 0.311 e. The average Bonchev–Trinajstić information content (AvgIpc) is 2.69. The van der Waals surface area contributed by atoms with Gasteiger partial charge in [0.2, 0.25) is 5.91 Å². The molecule has 1 heterocycles. The van der Waals surface area contributed by atoms with E-state index in [2.05, 4.69) is 0 Å². The number of carboxylic acids is 1. The zero-order valence-corrected chi connectivity index (χ0v) is 11.1. The molecule has 1 aliphatic carbocycles. The Morgan fingerprint density at radius 3 is 2.61 bits per heavy atom. The largest absolute Gasteiger partial charge is 0.481 e. The number of sulfone groups is 1.